The Balaban J connectivity index is 0.00000300. The summed E-state index contributed by atoms with van der Waals surface area (Å²) in [6.07, 6.45) is 0. The first kappa shape index (κ1) is 23.6. The summed E-state index contributed by atoms with van der Waals surface area (Å²) in [7, 11) is 0. The Morgan fingerprint density at radius 2 is 1.93 bits per heavy atom. The SMILES string of the molecule is CCNC(=NCc1ccccc1F)NCC(c1ccc(C)o1)N1CCOCC1.I. The highest BCUT2D eigenvalue weighted by atomic mass is 127. The van der Waals surface area contributed by atoms with Crippen LogP contribution in [0.5, 0.6) is 0 Å². The van der Waals surface area contributed by atoms with Crippen molar-refractivity contribution in [2.75, 3.05) is 39.4 Å². The maximum atomic E-state index is 13.9. The lowest BCUT2D eigenvalue weighted by atomic mass is 10.1. The van der Waals surface area contributed by atoms with Crippen LogP contribution in [0.15, 0.2) is 45.8 Å². The zero-order chi connectivity index (χ0) is 19.8. The number of nitrogens with zero attached hydrogens (tertiary/aromatic N) is 2. The average Bonchev–Trinajstić information content (AvgIpc) is 3.14. The van der Waals surface area contributed by atoms with Crippen molar-refractivity contribution >= 4 is 29.9 Å². The lowest BCUT2D eigenvalue weighted by molar-refractivity contribution is 0.0124. The second kappa shape index (κ2) is 12.1. The van der Waals surface area contributed by atoms with Crippen molar-refractivity contribution in [2.24, 2.45) is 4.99 Å². The molecule has 160 valence electrons. The van der Waals surface area contributed by atoms with Crippen LogP contribution in [0.4, 0.5) is 4.39 Å². The summed E-state index contributed by atoms with van der Waals surface area (Å²) in [6, 6.07) is 10.8. The molecule has 6 nitrogen and oxygen atoms in total. The van der Waals surface area contributed by atoms with Crippen LogP contribution in [-0.4, -0.2) is 50.3 Å². The predicted molar refractivity (Wildman–Crippen MR) is 123 cm³/mol. The molecule has 1 aliphatic heterocycles. The van der Waals surface area contributed by atoms with Crippen LogP contribution < -0.4 is 10.6 Å². The van der Waals surface area contributed by atoms with E-state index in [2.05, 4.69) is 20.5 Å². The number of guanidine groups is 1. The molecule has 8 heteroatoms. The number of aliphatic imine (C=N–C) groups is 1. The van der Waals surface area contributed by atoms with Crippen LogP contribution in [0.25, 0.3) is 0 Å². The van der Waals surface area contributed by atoms with Gasteiger partial charge in [-0.1, -0.05) is 18.2 Å². The van der Waals surface area contributed by atoms with Crippen molar-refractivity contribution in [3.63, 3.8) is 0 Å². The van der Waals surface area contributed by atoms with Gasteiger partial charge in [-0.2, -0.15) is 0 Å². The monoisotopic (exact) mass is 516 g/mol. The van der Waals surface area contributed by atoms with Crippen LogP contribution in [0, 0.1) is 12.7 Å². The minimum atomic E-state index is -0.237. The van der Waals surface area contributed by atoms with Gasteiger partial charge in [-0.25, -0.2) is 9.38 Å². The number of rotatable bonds is 7. The van der Waals surface area contributed by atoms with Crippen molar-refractivity contribution in [1.82, 2.24) is 15.5 Å². The summed E-state index contributed by atoms with van der Waals surface area (Å²) in [5.74, 6) is 2.25. The molecule has 1 aromatic carbocycles. The van der Waals surface area contributed by atoms with E-state index in [0.717, 1.165) is 44.4 Å². The van der Waals surface area contributed by atoms with E-state index in [0.29, 0.717) is 18.1 Å². The highest BCUT2D eigenvalue weighted by Gasteiger charge is 2.25. The predicted octanol–water partition coefficient (Wildman–Crippen LogP) is 3.47. The molecule has 3 rings (SSSR count). The molecule has 1 aliphatic rings. The van der Waals surface area contributed by atoms with Crippen molar-refractivity contribution in [1.29, 1.82) is 0 Å². The molecule has 0 bridgehead atoms. The van der Waals surface area contributed by atoms with E-state index >= 15 is 0 Å². The highest BCUT2D eigenvalue weighted by Crippen LogP contribution is 2.23. The van der Waals surface area contributed by atoms with Crippen LogP contribution in [-0.2, 0) is 11.3 Å². The van der Waals surface area contributed by atoms with Gasteiger partial charge in [0.05, 0.1) is 25.8 Å². The molecule has 0 spiro atoms. The van der Waals surface area contributed by atoms with Crippen molar-refractivity contribution in [2.45, 2.75) is 26.4 Å². The highest BCUT2D eigenvalue weighted by molar-refractivity contribution is 14.0. The second-order valence-corrected chi connectivity index (χ2v) is 6.78. The van der Waals surface area contributed by atoms with Gasteiger partial charge in [0.15, 0.2) is 5.96 Å². The van der Waals surface area contributed by atoms with E-state index in [-0.39, 0.29) is 42.4 Å². The number of hydrogen-bond acceptors (Lipinski definition) is 4. The Labute approximate surface area is 188 Å². The molecule has 0 radical (unpaired) electrons. The quantitative estimate of drug-likeness (QED) is 0.336. The first-order chi connectivity index (χ1) is 13.7. The van der Waals surface area contributed by atoms with Gasteiger partial charge < -0.3 is 19.8 Å². The van der Waals surface area contributed by atoms with Crippen LogP contribution in [0.1, 0.15) is 30.0 Å². The summed E-state index contributed by atoms with van der Waals surface area (Å²) >= 11 is 0. The molecule has 1 saturated heterocycles. The average molecular weight is 516 g/mol. The Bertz CT molecular complexity index is 778. The zero-order valence-electron chi connectivity index (χ0n) is 17.0. The lowest BCUT2D eigenvalue weighted by Crippen LogP contribution is -2.46. The molecule has 1 fully saturated rings. The number of aryl methyl sites for hydroxylation is 1. The number of hydrogen-bond donors (Lipinski definition) is 2. The molecule has 2 heterocycles. The number of ether oxygens (including phenoxy) is 1. The molecule has 1 unspecified atom stereocenters. The fourth-order valence-corrected chi connectivity index (χ4v) is 3.26. The van der Waals surface area contributed by atoms with Gasteiger partial charge in [0.2, 0.25) is 0 Å². The smallest absolute Gasteiger partial charge is 0.191 e. The normalized spacial score (nSPS) is 16.2. The zero-order valence-corrected chi connectivity index (χ0v) is 19.3. The summed E-state index contributed by atoms with van der Waals surface area (Å²) < 4.78 is 25.3. The van der Waals surface area contributed by atoms with Gasteiger partial charge in [-0.15, -0.1) is 24.0 Å². The van der Waals surface area contributed by atoms with Crippen LogP contribution in [0.2, 0.25) is 0 Å². The van der Waals surface area contributed by atoms with Gasteiger partial charge >= 0.3 is 0 Å². The standard InChI is InChI=1S/C21H29FN4O2.HI/c1-3-23-21(24-14-17-6-4-5-7-18(17)22)25-15-19(20-9-8-16(2)28-20)26-10-12-27-13-11-26;/h4-9,19H,3,10-15H2,1-2H3,(H2,23,24,25);1H. The first-order valence-corrected chi connectivity index (χ1v) is 9.81. The number of benzene rings is 1. The topological polar surface area (TPSA) is 62.0 Å². The molecule has 1 atom stereocenters. The summed E-state index contributed by atoms with van der Waals surface area (Å²) in [6.45, 7) is 8.76. The van der Waals surface area contributed by atoms with Crippen molar-refractivity contribution < 1.29 is 13.5 Å². The fourth-order valence-electron chi connectivity index (χ4n) is 3.26. The Hall–Kier alpha value is -1.65. The van der Waals surface area contributed by atoms with E-state index in [1.54, 1.807) is 12.1 Å². The fraction of sp³-hybridized carbons (Fsp3) is 0.476. The third kappa shape index (κ3) is 6.97. The third-order valence-electron chi connectivity index (χ3n) is 4.75. The number of furan rings is 1. The van der Waals surface area contributed by atoms with Gasteiger partial charge in [0, 0.05) is 31.7 Å². The van der Waals surface area contributed by atoms with Crippen LogP contribution >= 0.6 is 24.0 Å². The summed E-state index contributed by atoms with van der Waals surface area (Å²) in [5, 5.41) is 6.62. The summed E-state index contributed by atoms with van der Waals surface area (Å²) in [5.41, 5.74) is 0.575. The minimum absolute atomic E-state index is 0. The van der Waals surface area contributed by atoms with E-state index < -0.39 is 0 Å². The number of halogens is 2. The molecule has 29 heavy (non-hydrogen) atoms. The van der Waals surface area contributed by atoms with Gasteiger partial charge in [-0.3, -0.25) is 4.90 Å². The van der Waals surface area contributed by atoms with Gasteiger partial charge in [0.25, 0.3) is 0 Å². The largest absolute Gasteiger partial charge is 0.465 e. The number of nitrogens with one attached hydrogen (secondary N) is 2. The number of morpholine rings is 1. The van der Waals surface area contributed by atoms with Gasteiger partial charge in [-0.05, 0) is 32.0 Å². The Morgan fingerprint density at radius 3 is 2.59 bits per heavy atom. The third-order valence-corrected chi connectivity index (χ3v) is 4.75. The molecular formula is C21H30FIN4O2. The second-order valence-electron chi connectivity index (χ2n) is 6.78. The van der Waals surface area contributed by atoms with E-state index in [4.69, 9.17) is 9.15 Å². The lowest BCUT2D eigenvalue weighted by Gasteiger charge is -2.33. The van der Waals surface area contributed by atoms with Gasteiger partial charge in [0.1, 0.15) is 17.3 Å². The van der Waals surface area contributed by atoms with E-state index in [9.17, 15) is 4.39 Å². The molecular weight excluding hydrogens is 486 g/mol. The van der Waals surface area contributed by atoms with Crippen molar-refractivity contribution in [3.05, 3.63) is 59.3 Å². The van der Waals surface area contributed by atoms with Crippen LogP contribution in [0.3, 0.4) is 0 Å². The minimum Gasteiger partial charge on any atom is -0.465 e. The molecule has 2 aromatic rings. The first-order valence-electron chi connectivity index (χ1n) is 9.81. The Morgan fingerprint density at radius 1 is 1.17 bits per heavy atom. The maximum absolute atomic E-state index is 13.9. The van der Waals surface area contributed by atoms with Crippen molar-refractivity contribution in [3.8, 4) is 0 Å². The maximum Gasteiger partial charge on any atom is 0.191 e. The molecule has 0 amide bonds. The summed E-state index contributed by atoms with van der Waals surface area (Å²) in [4.78, 5) is 6.90. The Kier molecular flexibility index (Phi) is 9.89. The molecule has 0 aliphatic carbocycles. The van der Waals surface area contributed by atoms with E-state index in [1.807, 2.05) is 32.0 Å². The molecule has 2 N–H and O–H groups in total. The van der Waals surface area contributed by atoms with E-state index in [1.165, 1.54) is 6.07 Å². The molecule has 1 aromatic heterocycles. The molecule has 0 saturated carbocycles.